The fourth-order valence-electron chi connectivity index (χ4n) is 2.24. The van der Waals surface area contributed by atoms with Crippen molar-refractivity contribution in [1.29, 1.82) is 0 Å². The summed E-state index contributed by atoms with van der Waals surface area (Å²) >= 11 is 0. The summed E-state index contributed by atoms with van der Waals surface area (Å²) in [6, 6.07) is 16.9. The number of benzene rings is 2. The third-order valence-electron chi connectivity index (χ3n) is 3.49. The first-order valence-corrected chi connectivity index (χ1v) is 7.27. The van der Waals surface area contributed by atoms with Crippen LogP contribution in [0.5, 0.6) is 5.75 Å². The number of aromatic nitrogens is 2. The molecule has 0 aliphatic carbocycles. The molecule has 0 saturated carbocycles. The van der Waals surface area contributed by atoms with Gasteiger partial charge in [0.05, 0.1) is 12.8 Å². The first-order valence-electron chi connectivity index (χ1n) is 7.27. The fraction of sp³-hybridized carbons (Fsp3) is 0.111. The van der Waals surface area contributed by atoms with E-state index in [2.05, 4.69) is 10.4 Å². The summed E-state index contributed by atoms with van der Waals surface area (Å²) in [7, 11) is 1.58. The summed E-state index contributed by atoms with van der Waals surface area (Å²) in [4.78, 5) is 12.2. The number of carbonyl (C=O) groups is 1. The van der Waals surface area contributed by atoms with E-state index in [1.807, 2.05) is 42.6 Å². The molecule has 5 heteroatoms. The largest absolute Gasteiger partial charge is 0.497 e. The van der Waals surface area contributed by atoms with E-state index in [1.165, 1.54) is 0 Å². The van der Waals surface area contributed by atoms with Gasteiger partial charge in [-0.1, -0.05) is 18.2 Å². The lowest BCUT2D eigenvalue weighted by Gasteiger charge is -2.08. The minimum Gasteiger partial charge on any atom is -0.497 e. The van der Waals surface area contributed by atoms with Gasteiger partial charge in [0.1, 0.15) is 5.75 Å². The standard InChI is InChI=1S/C18H17N3O2/c1-23-17-5-2-4-15(12-17)18(22)19-13-14-6-8-16(9-7-14)21-11-3-10-20-21/h2-12H,13H2,1H3,(H,19,22). The normalized spacial score (nSPS) is 10.3. The zero-order chi connectivity index (χ0) is 16.1. The Bertz CT molecular complexity index is 780. The van der Waals surface area contributed by atoms with Gasteiger partial charge >= 0.3 is 0 Å². The summed E-state index contributed by atoms with van der Waals surface area (Å²) < 4.78 is 6.92. The van der Waals surface area contributed by atoms with Crippen LogP contribution in [0.15, 0.2) is 67.0 Å². The SMILES string of the molecule is COc1cccc(C(=O)NCc2ccc(-n3cccn3)cc2)c1. The van der Waals surface area contributed by atoms with Crippen molar-refractivity contribution < 1.29 is 9.53 Å². The highest BCUT2D eigenvalue weighted by Gasteiger charge is 2.06. The number of carbonyl (C=O) groups excluding carboxylic acids is 1. The van der Waals surface area contributed by atoms with E-state index < -0.39 is 0 Å². The van der Waals surface area contributed by atoms with Gasteiger partial charge in [0.25, 0.3) is 5.91 Å². The minimum absolute atomic E-state index is 0.125. The molecule has 116 valence electrons. The topological polar surface area (TPSA) is 56.1 Å². The zero-order valence-corrected chi connectivity index (χ0v) is 12.8. The fourth-order valence-corrected chi connectivity index (χ4v) is 2.24. The third kappa shape index (κ3) is 3.58. The lowest BCUT2D eigenvalue weighted by molar-refractivity contribution is 0.0950. The van der Waals surface area contributed by atoms with Crippen LogP contribution in [0.2, 0.25) is 0 Å². The molecule has 0 unspecified atom stereocenters. The highest BCUT2D eigenvalue weighted by Crippen LogP contribution is 2.13. The predicted octanol–water partition coefficient (Wildman–Crippen LogP) is 2.81. The maximum absolute atomic E-state index is 12.2. The lowest BCUT2D eigenvalue weighted by atomic mass is 10.1. The number of hydrogen-bond donors (Lipinski definition) is 1. The summed E-state index contributed by atoms with van der Waals surface area (Å²) in [6.45, 7) is 0.468. The highest BCUT2D eigenvalue weighted by molar-refractivity contribution is 5.94. The Kier molecular flexibility index (Phi) is 4.38. The van der Waals surface area contributed by atoms with Gasteiger partial charge in [0, 0.05) is 24.5 Å². The summed E-state index contributed by atoms with van der Waals surface area (Å²) in [6.07, 6.45) is 3.63. The molecule has 0 aliphatic rings. The van der Waals surface area contributed by atoms with Gasteiger partial charge in [0.15, 0.2) is 0 Å². The lowest BCUT2D eigenvalue weighted by Crippen LogP contribution is -2.22. The van der Waals surface area contributed by atoms with Crippen molar-refractivity contribution in [2.24, 2.45) is 0 Å². The van der Waals surface area contributed by atoms with E-state index >= 15 is 0 Å². The number of nitrogens with zero attached hydrogens (tertiary/aromatic N) is 2. The van der Waals surface area contributed by atoms with Gasteiger partial charge < -0.3 is 10.1 Å². The second kappa shape index (κ2) is 6.79. The van der Waals surface area contributed by atoms with Gasteiger partial charge in [-0.15, -0.1) is 0 Å². The summed E-state index contributed by atoms with van der Waals surface area (Å²) in [5, 5.41) is 7.09. The highest BCUT2D eigenvalue weighted by atomic mass is 16.5. The van der Waals surface area contributed by atoms with E-state index in [9.17, 15) is 4.79 Å². The molecule has 0 atom stereocenters. The third-order valence-corrected chi connectivity index (χ3v) is 3.49. The molecule has 1 heterocycles. The molecular formula is C18H17N3O2. The Morgan fingerprint density at radius 3 is 2.70 bits per heavy atom. The quantitative estimate of drug-likeness (QED) is 0.788. The van der Waals surface area contributed by atoms with Crippen molar-refractivity contribution in [3.05, 3.63) is 78.1 Å². The molecule has 0 bridgehead atoms. The van der Waals surface area contributed by atoms with Crippen LogP contribution in [0.3, 0.4) is 0 Å². The van der Waals surface area contributed by atoms with Crippen LogP contribution >= 0.6 is 0 Å². The Hall–Kier alpha value is -3.08. The smallest absolute Gasteiger partial charge is 0.251 e. The maximum Gasteiger partial charge on any atom is 0.251 e. The van der Waals surface area contributed by atoms with Crippen LogP contribution in [0, 0.1) is 0 Å². The van der Waals surface area contributed by atoms with Crippen LogP contribution in [0.25, 0.3) is 5.69 Å². The average molecular weight is 307 g/mol. The number of nitrogens with one attached hydrogen (secondary N) is 1. The van der Waals surface area contributed by atoms with Gasteiger partial charge in [0.2, 0.25) is 0 Å². The van der Waals surface area contributed by atoms with E-state index in [-0.39, 0.29) is 5.91 Å². The monoisotopic (exact) mass is 307 g/mol. The van der Waals surface area contributed by atoms with E-state index in [0.29, 0.717) is 17.9 Å². The van der Waals surface area contributed by atoms with Crippen LogP contribution in [-0.2, 0) is 6.54 Å². The molecule has 1 aromatic heterocycles. The molecule has 0 fully saturated rings. The zero-order valence-electron chi connectivity index (χ0n) is 12.8. The Labute approximate surface area is 134 Å². The minimum atomic E-state index is -0.125. The van der Waals surface area contributed by atoms with Crippen molar-refractivity contribution in [1.82, 2.24) is 15.1 Å². The molecule has 0 spiro atoms. The second-order valence-corrected chi connectivity index (χ2v) is 5.03. The number of methoxy groups -OCH3 is 1. The number of amides is 1. The number of rotatable bonds is 5. The molecule has 0 aliphatic heterocycles. The molecular weight excluding hydrogens is 290 g/mol. The van der Waals surface area contributed by atoms with Crippen molar-refractivity contribution in [3.8, 4) is 11.4 Å². The van der Waals surface area contributed by atoms with Gasteiger partial charge in [-0.25, -0.2) is 4.68 Å². The number of ether oxygens (including phenoxy) is 1. The van der Waals surface area contributed by atoms with Crippen molar-refractivity contribution in [2.75, 3.05) is 7.11 Å². The van der Waals surface area contributed by atoms with Gasteiger partial charge in [-0.3, -0.25) is 4.79 Å². The van der Waals surface area contributed by atoms with E-state index in [1.54, 1.807) is 36.2 Å². The Balaban J connectivity index is 1.62. The van der Waals surface area contributed by atoms with Crippen LogP contribution in [-0.4, -0.2) is 22.8 Å². The first-order chi connectivity index (χ1) is 11.3. The second-order valence-electron chi connectivity index (χ2n) is 5.03. The molecule has 3 rings (SSSR count). The Morgan fingerprint density at radius 2 is 2.00 bits per heavy atom. The van der Waals surface area contributed by atoms with Crippen molar-refractivity contribution >= 4 is 5.91 Å². The first kappa shape index (κ1) is 14.8. The molecule has 2 aromatic carbocycles. The van der Waals surface area contributed by atoms with Gasteiger partial charge in [-0.05, 0) is 42.0 Å². The van der Waals surface area contributed by atoms with Gasteiger partial charge in [-0.2, -0.15) is 5.10 Å². The molecule has 5 nitrogen and oxygen atoms in total. The Morgan fingerprint density at radius 1 is 1.17 bits per heavy atom. The van der Waals surface area contributed by atoms with Crippen LogP contribution in [0.1, 0.15) is 15.9 Å². The summed E-state index contributed by atoms with van der Waals surface area (Å²) in [5.74, 6) is 0.543. The van der Waals surface area contributed by atoms with E-state index in [0.717, 1.165) is 11.3 Å². The molecule has 0 saturated heterocycles. The molecule has 1 amide bonds. The number of hydrogen-bond acceptors (Lipinski definition) is 3. The van der Waals surface area contributed by atoms with E-state index in [4.69, 9.17) is 4.74 Å². The average Bonchev–Trinajstić information content (AvgIpc) is 3.15. The van der Waals surface area contributed by atoms with Crippen molar-refractivity contribution in [3.63, 3.8) is 0 Å². The molecule has 0 radical (unpaired) electrons. The molecule has 3 aromatic rings. The predicted molar refractivity (Wildman–Crippen MR) is 87.7 cm³/mol. The molecule has 23 heavy (non-hydrogen) atoms. The van der Waals surface area contributed by atoms with Crippen molar-refractivity contribution in [2.45, 2.75) is 6.54 Å². The van der Waals surface area contributed by atoms with Crippen LogP contribution in [0.4, 0.5) is 0 Å². The molecule has 1 N–H and O–H groups in total. The van der Waals surface area contributed by atoms with Crippen LogP contribution < -0.4 is 10.1 Å². The maximum atomic E-state index is 12.2. The summed E-state index contributed by atoms with van der Waals surface area (Å²) in [5.41, 5.74) is 2.59.